The summed E-state index contributed by atoms with van der Waals surface area (Å²) in [5.41, 5.74) is 2.11. The summed E-state index contributed by atoms with van der Waals surface area (Å²) in [6, 6.07) is 16.2. The van der Waals surface area contributed by atoms with Gasteiger partial charge in [0.1, 0.15) is 0 Å². The molecular weight excluding hydrogens is 410 g/mol. The molecule has 2 aromatic rings. The van der Waals surface area contributed by atoms with Crippen molar-refractivity contribution in [2.24, 2.45) is 0 Å². The minimum atomic E-state index is -3.64. The van der Waals surface area contributed by atoms with Crippen molar-refractivity contribution in [3.8, 4) is 0 Å². The van der Waals surface area contributed by atoms with Gasteiger partial charge in [-0.25, -0.2) is 12.7 Å². The number of benzene rings is 2. The van der Waals surface area contributed by atoms with Crippen LogP contribution < -0.4 is 8.61 Å². The average molecular weight is 434 g/mol. The van der Waals surface area contributed by atoms with Crippen molar-refractivity contribution in [3.63, 3.8) is 0 Å². The molecule has 9 heteroatoms. The van der Waals surface area contributed by atoms with Crippen molar-refractivity contribution >= 4 is 37.7 Å². The van der Waals surface area contributed by atoms with Crippen molar-refractivity contribution in [2.75, 3.05) is 28.7 Å². The monoisotopic (exact) mass is 433 g/mol. The maximum atomic E-state index is 12.9. The van der Waals surface area contributed by atoms with E-state index >= 15 is 0 Å². The van der Waals surface area contributed by atoms with E-state index in [1.165, 1.54) is 18.3 Å². The van der Waals surface area contributed by atoms with Crippen molar-refractivity contribution in [1.82, 2.24) is 4.31 Å². The maximum absolute atomic E-state index is 12.9. The number of sulfonamides is 1. The Morgan fingerprint density at radius 3 is 2.17 bits per heavy atom. The molecule has 154 valence electrons. The van der Waals surface area contributed by atoms with E-state index in [0.717, 1.165) is 5.56 Å². The van der Waals surface area contributed by atoms with Crippen LogP contribution in [0, 0.1) is 0 Å². The third-order valence-corrected chi connectivity index (χ3v) is 8.85. The van der Waals surface area contributed by atoms with Crippen LogP contribution in [0.25, 0.3) is 6.08 Å². The van der Waals surface area contributed by atoms with Gasteiger partial charge in [-0.1, -0.05) is 42.5 Å². The van der Waals surface area contributed by atoms with Crippen LogP contribution in [0.4, 0.5) is 11.4 Å². The molecule has 7 nitrogen and oxygen atoms in total. The van der Waals surface area contributed by atoms with Gasteiger partial charge in [-0.05, 0) is 36.6 Å². The highest BCUT2D eigenvalue weighted by Gasteiger charge is 2.43. The van der Waals surface area contributed by atoms with Gasteiger partial charge in [0.25, 0.3) is 0 Å². The SMILES string of the molecule is CN1c2ccccc2N(C2CCN(S(=O)(=O)C=Cc3ccccc3)CC2)S1(=O)=O. The lowest BCUT2D eigenvalue weighted by Crippen LogP contribution is -2.49. The Hall–Kier alpha value is -2.36. The van der Waals surface area contributed by atoms with Crippen molar-refractivity contribution in [3.05, 3.63) is 65.6 Å². The van der Waals surface area contributed by atoms with Gasteiger partial charge in [-0.3, -0.25) is 4.31 Å². The fourth-order valence-corrected chi connectivity index (χ4v) is 6.71. The Bertz CT molecular complexity index is 1120. The minimum Gasteiger partial charge on any atom is -0.254 e. The molecule has 1 saturated heterocycles. The van der Waals surface area contributed by atoms with Crippen LogP contribution in [0.3, 0.4) is 0 Å². The third-order valence-electron chi connectivity index (χ3n) is 5.40. The zero-order valence-electron chi connectivity index (χ0n) is 16.0. The maximum Gasteiger partial charge on any atom is 0.326 e. The standard InChI is InChI=1S/C20H23N3O4S2/c1-21-19-9-5-6-10-20(19)23(29(21,26)27)18-11-14-22(15-12-18)28(24,25)16-13-17-7-3-2-4-8-17/h2-10,13,16,18H,11-12,14-15H2,1H3. The topological polar surface area (TPSA) is 78.0 Å². The summed E-state index contributed by atoms with van der Waals surface area (Å²) < 4.78 is 55.3. The van der Waals surface area contributed by atoms with Gasteiger partial charge in [0.2, 0.25) is 10.0 Å². The average Bonchev–Trinajstić information content (AvgIpc) is 2.93. The van der Waals surface area contributed by atoms with Gasteiger partial charge in [-0.15, -0.1) is 0 Å². The zero-order chi connectivity index (χ0) is 20.6. The van der Waals surface area contributed by atoms with E-state index in [1.54, 1.807) is 25.3 Å². The molecule has 0 amide bonds. The molecule has 0 aromatic heterocycles. The van der Waals surface area contributed by atoms with Gasteiger partial charge >= 0.3 is 10.2 Å². The summed E-state index contributed by atoms with van der Waals surface area (Å²) in [5, 5.41) is 1.22. The second-order valence-electron chi connectivity index (χ2n) is 7.15. The number of nitrogens with zero attached hydrogens (tertiary/aromatic N) is 3. The van der Waals surface area contributed by atoms with Crippen LogP contribution in [0.5, 0.6) is 0 Å². The van der Waals surface area contributed by atoms with E-state index in [0.29, 0.717) is 24.2 Å². The normalized spacial score (nSPS) is 20.3. The summed E-state index contributed by atoms with van der Waals surface area (Å²) in [4.78, 5) is 0. The number of hydrogen-bond acceptors (Lipinski definition) is 4. The Kier molecular flexibility index (Phi) is 5.14. The van der Waals surface area contributed by atoms with Crippen LogP contribution in [0.1, 0.15) is 18.4 Å². The molecule has 2 aromatic carbocycles. The minimum absolute atomic E-state index is 0.268. The summed E-state index contributed by atoms with van der Waals surface area (Å²) in [7, 11) is -5.65. The van der Waals surface area contributed by atoms with Gasteiger partial charge in [-0.2, -0.15) is 12.7 Å². The first-order valence-electron chi connectivity index (χ1n) is 9.41. The molecule has 29 heavy (non-hydrogen) atoms. The molecule has 0 spiro atoms. The quantitative estimate of drug-likeness (QED) is 0.743. The van der Waals surface area contributed by atoms with Crippen molar-refractivity contribution < 1.29 is 16.8 Å². The number of para-hydroxylation sites is 2. The van der Waals surface area contributed by atoms with Crippen LogP contribution in [-0.4, -0.2) is 47.3 Å². The van der Waals surface area contributed by atoms with Crippen LogP contribution in [-0.2, 0) is 20.2 Å². The molecule has 0 atom stereocenters. The molecule has 1 fully saturated rings. The van der Waals surface area contributed by atoms with Crippen LogP contribution >= 0.6 is 0 Å². The second-order valence-corrected chi connectivity index (χ2v) is 10.8. The Balaban J connectivity index is 1.49. The molecule has 2 aliphatic heterocycles. The van der Waals surface area contributed by atoms with Crippen LogP contribution in [0.2, 0.25) is 0 Å². The van der Waals surface area contributed by atoms with Gasteiger partial charge in [0.05, 0.1) is 11.4 Å². The Morgan fingerprint density at radius 2 is 1.52 bits per heavy atom. The van der Waals surface area contributed by atoms with E-state index in [-0.39, 0.29) is 19.1 Å². The molecule has 0 saturated carbocycles. The largest absolute Gasteiger partial charge is 0.326 e. The lowest BCUT2D eigenvalue weighted by molar-refractivity contribution is 0.324. The molecular formula is C20H23N3O4S2. The Labute approximate surface area is 172 Å². The lowest BCUT2D eigenvalue weighted by atomic mass is 10.1. The molecule has 0 radical (unpaired) electrons. The predicted octanol–water partition coefficient (Wildman–Crippen LogP) is 2.65. The fourth-order valence-electron chi connectivity index (χ4n) is 3.83. The van der Waals surface area contributed by atoms with E-state index in [4.69, 9.17) is 0 Å². The highest BCUT2D eigenvalue weighted by Crippen LogP contribution is 2.42. The van der Waals surface area contributed by atoms with E-state index < -0.39 is 20.2 Å². The third kappa shape index (κ3) is 3.65. The number of hydrogen-bond donors (Lipinski definition) is 0. The molecule has 0 aliphatic carbocycles. The van der Waals surface area contributed by atoms with Crippen molar-refractivity contribution in [1.29, 1.82) is 0 Å². The number of fused-ring (bicyclic) bond motifs is 1. The number of piperidine rings is 1. The molecule has 2 aliphatic rings. The van der Waals surface area contributed by atoms with E-state index in [9.17, 15) is 16.8 Å². The fraction of sp³-hybridized carbons (Fsp3) is 0.300. The van der Waals surface area contributed by atoms with Gasteiger partial charge in [0, 0.05) is 31.6 Å². The van der Waals surface area contributed by atoms with E-state index in [1.807, 2.05) is 42.5 Å². The first kappa shape index (κ1) is 19.9. The first-order chi connectivity index (χ1) is 13.8. The molecule has 0 unspecified atom stereocenters. The predicted molar refractivity (Wildman–Crippen MR) is 115 cm³/mol. The summed E-state index contributed by atoms with van der Waals surface area (Å²) >= 11 is 0. The van der Waals surface area contributed by atoms with E-state index in [2.05, 4.69) is 0 Å². The number of rotatable bonds is 4. The Morgan fingerprint density at radius 1 is 0.931 bits per heavy atom. The highest BCUT2D eigenvalue weighted by molar-refractivity contribution is 7.94. The van der Waals surface area contributed by atoms with Crippen molar-refractivity contribution in [2.45, 2.75) is 18.9 Å². The second kappa shape index (κ2) is 7.47. The van der Waals surface area contributed by atoms with Crippen LogP contribution in [0.15, 0.2) is 60.0 Å². The van der Waals surface area contributed by atoms with Gasteiger partial charge < -0.3 is 0 Å². The lowest BCUT2D eigenvalue weighted by Gasteiger charge is -2.35. The molecule has 0 bridgehead atoms. The highest BCUT2D eigenvalue weighted by atomic mass is 32.2. The molecule has 4 rings (SSSR count). The summed E-state index contributed by atoms with van der Waals surface area (Å²) in [6.07, 6.45) is 2.47. The number of anilines is 2. The molecule has 0 N–H and O–H groups in total. The zero-order valence-corrected chi connectivity index (χ0v) is 17.7. The summed E-state index contributed by atoms with van der Waals surface area (Å²) in [5.74, 6) is 0. The summed E-state index contributed by atoms with van der Waals surface area (Å²) in [6.45, 7) is 0.564. The smallest absolute Gasteiger partial charge is 0.254 e. The van der Waals surface area contributed by atoms with Gasteiger partial charge in [0.15, 0.2) is 0 Å². The molecule has 2 heterocycles. The first-order valence-corrected chi connectivity index (χ1v) is 12.3.